The van der Waals surface area contributed by atoms with E-state index in [2.05, 4.69) is 19.7 Å². The van der Waals surface area contributed by atoms with E-state index in [4.69, 9.17) is 0 Å². The Morgan fingerprint density at radius 1 is 1.09 bits per heavy atom. The Balaban J connectivity index is 1.54. The third-order valence-electron chi connectivity index (χ3n) is 5.59. The lowest BCUT2D eigenvalue weighted by atomic mass is 9.97. The van der Waals surface area contributed by atoms with Crippen molar-refractivity contribution in [3.8, 4) is 0 Å². The van der Waals surface area contributed by atoms with E-state index < -0.39 is 0 Å². The fraction of sp³-hybridized carbons (Fsp3) is 0.824. The summed E-state index contributed by atoms with van der Waals surface area (Å²) in [6.45, 7) is 1.93. The quantitative estimate of drug-likeness (QED) is 0.859. The van der Waals surface area contributed by atoms with Crippen molar-refractivity contribution in [2.24, 2.45) is 11.8 Å². The number of hydrogen-bond acceptors (Lipinski definition) is 3. The Morgan fingerprint density at radius 3 is 2.64 bits per heavy atom. The Kier molecular flexibility index (Phi) is 3.89. The molecule has 0 spiro atoms. The molecule has 1 saturated heterocycles. The average Bonchev–Trinajstić information content (AvgIpc) is 3.03. The largest absolute Gasteiger partial charge is 0.332 e. The highest BCUT2D eigenvalue weighted by Gasteiger charge is 2.36. The van der Waals surface area contributed by atoms with Crippen LogP contribution in [0.25, 0.3) is 0 Å². The maximum Gasteiger partial charge on any atom is 0.226 e. The predicted molar refractivity (Wildman–Crippen MR) is 83.0 cm³/mol. The van der Waals surface area contributed by atoms with Gasteiger partial charge in [0.1, 0.15) is 6.33 Å². The zero-order chi connectivity index (χ0) is 14.9. The van der Waals surface area contributed by atoms with Crippen LogP contribution in [0.4, 0.5) is 0 Å². The number of likely N-dealkylation sites (tertiary alicyclic amines) is 1. The molecule has 5 heteroatoms. The fourth-order valence-electron chi connectivity index (χ4n) is 4.11. The Bertz CT molecular complexity index is 531. The maximum absolute atomic E-state index is 12.9. The number of hydrogen-bond donors (Lipinski definition) is 0. The van der Waals surface area contributed by atoms with Crippen molar-refractivity contribution in [1.82, 2.24) is 19.7 Å². The molecule has 3 fully saturated rings. The van der Waals surface area contributed by atoms with Crippen molar-refractivity contribution in [2.75, 3.05) is 6.54 Å². The number of rotatable bonds is 4. The molecule has 1 aliphatic heterocycles. The molecule has 2 heterocycles. The van der Waals surface area contributed by atoms with Crippen LogP contribution in [0.2, 0.25) is 0 Å². The molecule has 2 saturated carbocycles. The van der Waals surface area contributed by atoms with Gasteiger partial charge in [0, 0.05) is 19.0 Å². The topological polar surface area (TPSA) is 51.0 Å². The molecule has 120 valence electrons. The number of carbonyl (C=O) groups excluding carboxylic acids is 1. The predicted octanol–water partition coefficient (Wildman–Crippen LogP) is 2.93. The van der Waals surface area contributed by atoms with Crippen LogP contribution in [0.1, 0.15) is 69.7 Å². The zero-order valence-corrected chi connectivity index (χ0v) is 13.3. The standard InChI is InChI=1S/C17H26N4O/c22-17(14-5-1-2-6-14)21-10-4-3-7-15(21)16-19-18-12-20(16)11-13-8-9-13/h12-15H,1-11H2/t15-/m0/s1. The molecular weight excluding hydrogens is 276 g/mol. The molecule has 0 aromatic carbocycles. The second-order valence-corrected chi connectivity index (χ2v) is 7.31. The van der Waals surface area contributed by atoms with E-state index in [-0.39, 0.29) is 12.0 Å². The van der Waals surface area contributed by atoms with Gasteiger partial charge in [-0.15, -0.1) is 10.2 Å². The number of piperidine rings is 1. The number of carbonyl (C=O) groups is 1. The normalized spacial score (nSPS) is 26.5. The zero-order valence-electron chi connectivity index (χ0n) is 13.3. The lowest BCUT2D eigenvalue weighted by molar-refractivity contribution is -0.139. The van der Waals surface area contributed by atoms with Gasteiger partial charge in [-0.2, -0.15) is 0 Å². The molecule has 1 atom stereocenters. The first-order valence-corrected chi connectivity index (χ1v) is 9.01. The van der Waals surface area contributed by atoms with Crippen LogP contribution < -0.4 is 0 Å². The monoisotopic (exact) mass is 302 g/mol. The van der Waals surface area contributed by atoms with Gasteiger partial charge in [0.15, 0.2) is 5.82 Å². The first-order chi connectivity index (χ1) is 10.8. The molecule has 3 aliphatic rings. The molecule has 5 nitrogen and oxygen atoms in total. The maximum atomic E-state index is 12.9. The molecule has 1 aromatic rings. The minimum Gasteiger partial charge on any atom is -0.332 e. The highest BCUT2D eigenvalue weighted by Crippen LogP contribution is 2.36. The number of nitrogens with zero attached hydrogens (tertiary/aromatic N) is 4. The molecule has 0 bridgehead atoms. The van der Waals surface area contributed by atoms with Crippen LogP contribution in [0.3, 0.4) is 0 Å². The minimum absolute atomic E-state index is 0.156. The van der Waals surface area contributed by atoms with Gasteiger partial charge in [0.05, 0.1) is 6.04 Å². The van der Waals surface area contributed by atoms with Crippen molar-refractivity contribution < 1.29 is 4.79 Å². The summed E-state index contributed by atoms with van der Waals surface area (Å²) in [4.78, 5) is 15.1. The molecule has 2 aliphatic carbocycles. The first kappa shape index (κ1) is 14.2. The van der Waals surface area contributed by atoms with Gasteiger partial charge in [-0.1, -0.05) is 12.8 Å². The molecule has 22 heavy (non-hydrogen) atoms. The molecular formula is C17H26N4O. The summed E-state index contributed by atoms with van der Waals surface area (Å²) >= 11 is 0. The SMILES string of the molecule is O=C(C1CCCC1)N1CCCC[C@H]1c1nncn1CC1CC1. The molecule has 0 N–H and O–H groups in total. The Hall–Kier alpha value is -1.39. The third-order valence-corrected chi connectivity index (χ3v) is 5.59. The number of amides is 1. The second-order valence-electron chi connectivity index (χ2n) is 7.31. The van der Waals surface area contributed by atoms with E-state index in [1.54, 1.807) is 0 Å². The van der Waals surface area contributed by atoms with Crippen molar-refractivity contribution in [2.45, 2.75) is 70.4 Å². The second kappa shape index (κ2) is 6.01. The van der Waals surface area contributed by atoms with Crippen molar-refractivity contribution in [3.63, 3.8) is 0 Å². The van der Waals surface area contributed by atoms with E-state index in [1.807, 2.05) is 6.33 Å². The van der Waals surface area contributed by atoms with Gasteiger partial charge < -0.3 is 9.47 Å². The fourth-order valence-corrected chi connectivity index (χ4v) is 4.11. The van der Waals surface area contributed by atoms with Gasteiger partial charge in [-0.3, -0.25) is 4.79 Å². The van der Waals surface area contributed by atoms with Crippen molar-refractivity contribution in [3.05, 3.63) is 12.2 Å². The summed E-state index contributed by atoms with van der Waals surface area (Å²) in [5.74, 6) is 2.47. The summed E-state index contributed by atoms with van der Waals surface area (Å²) in [6.07, 6.45) is 12.5. The summed E-state index contributed by atoms with van der Waals surface area (Å²) in [6, 6.07) is 0.156. The van der Waals surface area contributed by atoms with Crippen LogP contribution in [-0.2, 0) is 11.3 Å². The third kappa shape index (κ3) is 2.77. The van der Waals surface area contributed by atoms with Gasteiger partial charge in [0.2, 0.25) is 5.91 Å². The van der Waals surface area contributed by atoms with E-state index in [0.717, 1.165) is 50.5 Å². The Morgan fingerprint density at radius 2 is 1.86 bits per heavy atom. The Labute approximate surface area is 132 Å². The number of aromatic nitrogens is 3. The molecule has 0 radical (unpaired) electrons. The van der Waals surface area contributed by atoms with E-state index >= 15 is 0 Å². The van der Waals surface area contributed by atoms with E-state index in [0.29, 0.717) is 5.91 Å². The molecule has 0 unspecified atom stereocenters. The average molecular weight is 302 g/mol. The van der Waals surface area contributed by atoms with Crippen LogP contribution in [0.15, 0.2) is 6.33 Å². The molecule has 4 rings (SSSR count). The smallest absolute Gasteiger partial charge is 0.226 e. The summed E-state index contributed by atoms with van der Waals surface area (Å²) < 4.78 is 2.21. The molecule has 1 aromatic heterocycles. The minimum atomic E-state index is 0.156. The van der Waals surface area contributed by atoms with Gasteiger partial charge in [-0.25, -0.2) is 0 Å². The van der Waals surface area contributed by atoms with Crippen LogP contribution in [0.5, 0.6) is 0 Å². The van der Waals surface area contributed by atoms with E-state index in [9.17, 15) is 4.79 Å². The van der Waals surface area contributed by atoms with Gasteiger partial charge in [-0.05, 0) is 50.9 Å². The lowest BCUT2D eigenvalue weighted by Crippen LogP contribution is -2.42. The van der Waals surface area contributed by atoms with Crippen LogP contribution in [-0.4, -0.2) is 32.1 Å². The van der Waals surface area contributed by atoms with Crippen LogP contribution >= 0.6 is 0 Å². The summed E-state index contributed by atoms with van der Waals surface area (Å²) in [5.41, 5.74) is 0. The van der Waals surface area contributed by atoms with Crippen molar-refractivity contribution in [1.29, 1.82) is 0 Å². The first-order valence-electron chi connectivity index (χ1n) is 9.01. The summed E-state index contributed by atoms with van der Waals surface area (Å²) in [5, 5.41) is 8.54. The molecule has 1 amide bonds. The highest BCUT2D eigenvalue weighted by molar-refractivity contribution is 5.79. The van der Waals surface area contributed by atoms with Gasteiger partial charge in [0.25, 0.3) is 0 Å². The van der Waals surface area contributed by atoms with E-state index in [1.165, 1.54) is 32.1 Å². The highest BCUT2D eigenvalue weighted by atomic mass is 16.2. The van der Waals surface area contributed by atoms with Crippen LogP contribution in [0, 0.1) is 11.8 Å². The lowest BCUT2D eigenvalue weighted by Gasteiger charge is -2.36. The van der Waals surface area contributed by atoms with Crippen molar-refractivity contribution >= 4 is 5.91 Å². The van der Waals surface area contributed by atoms with Gasteiger partial charge >= 0.3 is 0 Å². The summed E-state index contributed by atoms with van der Waals surface area (Å²) in [7, 11) is 0.